The average molecular weight is 334 g/mol. The Balaban J connectivity index is 1.85. The molecule has 0 aliphatic heterocycles. The maximum Gasteiger partial charge on any atom is 0.274 e. The zero-order chi connectivity index (χ0) is 17.4. The highest BCUT2D eigenvalue weighted by atomic mass is 16.5. The van der Waals surface area contributed by atoms with Gasteiger partial charge >= 0.3 is 0 Å². The Morgan fingerprint density at radius 2 is 1.92 bits per heavy atom. The van der Waals surface area contributed by atoms with Crippen LogP contribution in [-0.2, 0) is 6.54 Å². The lowest BCUT2D eigenvalue weighted by Gasteiger charge is -2.07. The molecule has 0 aliphatic carbocycles. The number of rotatable bonds is 3. The van der Waals surface area contributed by atoms with Gasteiger partial charge in [-0.1, -0.05) is 30.3 Å². The number of aromatic nitrogens is 3. The zero-order valence-electron chi connectivity index (χ0n) is 13.1. The Bertz CT molecular complexity index is 1140. The fourth-order valence-electron chi connectivity index (χ4n) is 3.04. The minimum atomic E-state index is -0.559. The van der Waals surface area contributed by atoms with E-state index < -0.39 is 5.91 Å². The minimum Gasteiger partial charge on any atom is -0.321 e. The molecule has 0 spiro atoms. The number of carbonyl (C=O) groups excluding carboxylic acids is 1. The third-order valence-electron chi connectivity index (χ3n) is 4.21. The number of nitrogens with one attached hydrogen (secondary N) is 2. The molecule has 0 fully saturated rings. The van der Waals surface area contributed by atoms with Crippen molar-refractivity contribution in [2.45, 2.75) is 6.54 Å². The highest BCUT2D eigenvalue weighted by Gasteiger charge is 2.14. The molecule has 0 bridgehead atoms. The summed E-state index contributed by atoms with van der Waals surface area (Å²) < 4.78 is 1.97. The molecule has 0 atom stereocenters. The Morgan fingerprint density at radius 1 is 1.16 bits per heavy atom. The summed E-state index contributed by atoms with van der Waals surface area (Å²) in [6.45, 7) is 0.501. The Kier molecular flexibility index (Phi) is 3.55. The van der Waals surface area contributed by atoms with Crippen molar-refractivity contribution >= 4 is 27.8 Å². The van der Waals surface area contributed by atoms with Crippen molar-refractivity contribution in [3.05, 3.63) is 76.3 Å². The van der Waals surface area contributed by atoms with Crippen LogP contribution in [-0.4, -0.2) is 25.6 Å². The Hall–Kier alpha value is -3.45. The number of amides is 1. The molecule has 7 nitrogen and oxygen atoms in total. The number of carbonyl (C=O) groups is 1. The standard InChI is InChI=1S/C18H14N4O3/c23-17(21-25)12-7-5-11(6-8-12)9-22-14-4-2-1-3-13(14)15-16(22)19-10-20-18(15)24/h1-8,10,25H,9H2,(H,21,23)(H,19,20,24). The first kappa shape index (κ1) is 15.1. The van der Waals surface area contributed by atoms with Crippen molar-refractivity contribution < 1.29 is 10.0 Å². The van der Waals surface area contributed by atoms with Gasteiger partial charge in [0.05, 0.1) is 17.2 Å². The molecule has 25 heavy (non-hydrogen) atoms. The normalized spacial score (nSPS) is 11.1. The van der Waals surface area contributed by atoms with Gasteiger partial charge in [0.25, 0.3) is 11.5 Å². The molecule has 0 saturated carbocycles. The summed E-state index contributed by atoms with van der Waals surface area (Å²) in [7, 11) is 0. The molecule has 7 heteroatoms. The molecule has 2 heterocycles. The van der Waals surface area contributed by atoms with Gasteiger partial charge in [0.15, 0.2) is 0 Å². The second-order valence-electron chi connectivity index (χ2n) is 5.67. The van der Waals surface area contributed by atoms with Gasteiger partial charge in [-0.2, -0.15) is 0 Å². The van der Waals surface area contributed by atoms with E-state index in [1.807, 2.05) is 28.8 Å². The molecule has 0 saturated heterocycles. The fraction of sp³-hybridized carbons (Fsp3) is 0.0556. The van der Waals surface area contributed by atoms with E-state index in [9.17, 15) is 9.59 Å². The van der Waals surface area contributed by atoms with Crippen LogP contribution in [0.1, 0.15) is 15.9 Å². The van der Waals surface area contributed by atoms with Crippen molar-refractivity contribution in [1.82, 2.24) is 20.0 Å². The molecule has 124 valence electrons. The highest BCUT2D eigenvalue weighted by molar-refractivity contribution is 6.06. The predicted octanol–water partition coefficient (Wildman–Crippen LogP) is 2.05. The lowest BCUT2D eigenvalue weighted by atomic mass is 10.1. The van der Waals surface area contributed by atoms with E-state index in [1.165, 1.54) is 6.33 Å². The van der Waals surface area contributed by atoms with Gasteiger partial charge < -0.3 is 9.55 Å². The molecule has 4 aromatic rings. The predicted molar refractivity (Wildman–Crippen MR) is 92.7 cm³/mol. The number of nitrogens with zero attached hydrogens (tertiary/aromatic N) is 2. The summed E-state index contributed by atoms with van der Waals surface area (Å²) in [6.07, 6.45) is 1.40. The topological polar surface area (TPSA) is 100 Å². The summed E-state index contributed by atoms with van der Waals surface area (Å²) >= 11 is 0. The maximum atomic E-state index is 12.2. The van der Waals surface area contributed by atoms with Gasteiger partial charge in [0, 0.05) is 17.5 Å². The third-order valence-corrected chi connectivity index (χ3v) is 4.21. The smallest absolute Gasteiger partial charge is 0.274 e. The first-order valence-corrected chi connectivity index (χ1v) is 7.67. The van der Waals surface area contributed by atoms with Gasteiger partial charge in [-0.3, -0.25) is 14.8 Å². The lowest BCUT2D eigenvalue weighted by molar-refractivity contribution is 0.0706. The summed E-state index contributed by atoms with van der Waals surface area (Å²) in [5, 5.41) is 10.1. The van der Waals surface area contributed by atoms with Crippen LogP contribution in [0.3, 0.4) is 0 Å². The zero-order valence-corrected chi connectivity index (χ0v) is 13.1. The summed E-state index contributed by atoms with van der Waals surface area (Å²) in [4.78, 5) is 30.6. The molecule has 0 unspecified atom stereocenters. The number of hydrogen-bond donors (Lipinski definition) is 3. The van der Waals surface area contributed by atoms with E-state index in [1.54, 1.807) is 29.7 Å². The van der Waals surface area contributed by atoms with E-state index in [-0.39, 0.29) is 5.56 Å². The second kappa shape index (κ2) is 5.88. The van der Waals surface area contributed by atoms with Crippen molar-refractivity contribution in [2.24, 2.45) is 0 Å². The van der Waals surface area contributed by atoms with Crippen LogP contribution in [0.2, 0.25) is 0 Å². The van der Waals surface area contributed by atoms with E-state index in [2.05, 4.69) is 9.97 Å². The molecule has 4 rings (SSSR count). The first-order valence-electron chi connectivity index (χ1n) is 7.67. The number of hydroxylamine groups is 1. The lowest BCUT2D eigenvalue weighted by Crippen LogP contribution is -2.18. The second-order valence-corrected chi connectivity index (χ2v) is 5.67. The average Bonchev–Trinajstić information content (AvgIpc) is 2.97. The van der Waals surface area contributed by atoms with Gasteiger partial charge in [-0.15, -0.1) is 0 Å². The molecule has 2 aromatic carbocycles. The van der Waals surface area contributed by atoms with E-state index in [0.29, 0.717) is 23.1 Å². The van der Waals surface area contributed by atoms with Crippen molar-refractivity contribution in [1.29, 1.82) is 0 Å². The summed E-state index contributed by atoms with van der Waals surface area (Å²) in [5.41, 5.74) is 4.27. The first-order chi connectivity index (χ1) is 12.2. The third kappa shape index (κ3) is 2.47. The largest absolute Gasteiger partial charge is 0.321 e. The van der Waals surface area contributed by atoms with E-state index in [4.69, 9.17) is 5.21 Å². The number of benzene rings is 2. The van der Waals surface area contributed by atoms with Gasteiger partial charge in [0.1, 0.15) is 5.65 Å². The van der Waals surface area contributed by atoms with Gasteiger partial charge in [-0.05, 0) is 23.8 Å². The van der Waals surface area contributed by atoms with E-state index >= 15 is 0 Å². The van der Waals surface area contributed by atoms with Gasteiger partial charge in [-0.25, -0.2) is 10.5 Å². The monoisotopic (exact) mass is 334 g/mol. The number of para-hydroxylation sites is 1. The van der Waals surface area contributed by atoms with Gasteiger partial charge in [0.2, 0.25) is 0 Å². The molecule has 1 amide bonds. The van der Waals surface area contributed by atoms with Crippen LogP contribution in [0.15, 0.2) is 59.7 Å². The fourth-order valence-corrected chi connectivity index (χ4v) is 3.04. The number of fused-ring (bicyclic) bond motifs is 3. The van der Waals surface area contributed by atoms with E-state index in [0.717, 1.165) is 16.5 Å². The number of aromatic amines is 1. The van der Waals surface area contributed by atoms with Crippen molar-refractivity contribution in [2.75, 3.05) is 0 Å². The van der Waals surface area contributed by atoms with Crippen molar-refractivity contribution in [3.8, 4) is 0 Å². The molecule has 3 N–H and O–H groups in total. The SMILES string of the molecule is O=C(NO)c1ccc(Cn2c3ccccc3c3c(=O)[nH]cnc32)cc1. The highest BCUT2D eigenvalue weighted by Crippen LogP contribution is 2.25. The summed E-state index contributed by atoms with van der Waals surface area (Å²) in [6, 6.07) is 14.5. The van der Waals surface area contributed by atoms with Crippen LogP contribution in [0, 0.1) is 0 Å². The quantitative estimate of drug-likeness (QED) is 0.394. The Morgan fingerprint density at radius 3 is 2.68 bits per heavy atom. The van der Waals surface area contributed by atoms with Crippen LogP contribution < -0.4 is 11.0 Å². The number of H-pyrrole nitrogens is 1. The van der Waals surface area contributed by atoms with Crippen LogP contribution in [0.4, 0.5) is 0 Å². The van der Waals surface area contributed by atoms with Crippen LogP contribution >= 0.6 is 0 Å². The Labute approximate surface area is 141 Å². The van der Waals surface area contributed by atoms with Crippen LogP contribution in [0.5, 0.6) is 0 Å². The molecular formula is C18H14N4O3. The molecular weight excluding hydrogens is 320 g/mol. The molecule has 0 aliphatic rings. The van der Waals surface area contributed by atoms with Crippen molar-refractivity contribution in [3.63, 3.8) is 0 Å². The molecule has 0 radical (unpaired) electrons. The summed E-state index contributed by atoms with van der Waals surface area (Å²) in [5.74, 6) is -0.559. The molecule has 2 aromatic heterocycles. The minimum absolute atomic E-state index is 0.171. The number of hydrogen-bond acceptors (Lipinski definition) is 4. The maximum absolute atomic E-state index is 12.2. The van der Waals surface area contributed by atoms with Crippen LogP contribution in [0.25, 0.3) is 21.9 Å².